The monoisotopic (exact) mass is 568 g/mol. The van der Waals surface area contributed by atoms with Crippen LogP contribution in [0.2, 0.25) is 5.15 Å². The number of hydrogen-bond acceptors (Lipinski definition) is 6. The van der Waals surface area contributed by atoms with Crippen LogP contribution in [0.25, 0.3) is 5.00 Å². The molecule has 3 aromatic rings. The Labute approximate surface area is 211 Å². The van der Waals surface area contributed by atoms with E-state index in [1.807, 2.05) is 0 Å². The van der Waals surface area contributed by atoms with Gasteiger partial charge in [0.25, 0.3) is 0 Å². The molecule has 194 valence electrons. The molecule has 1 aromatic carbocycles. The fourth-order valence-corrected chi connectivity index (χ4v) is 6.71. The summed E-state index contributed by atoms with van der Waals surface area (Å²) < 4.78 is 94.5. The Kier molecular flexibility index (Phi) is 7.25. The quantitative estimate of drug-likeness (QED) is 0.381. The lowest BCUT2D eigenvalue weighted by Crippen LogP contribution is -2.44. The van der Waals surface area contributed by atoms with Crippen molar-refractivity contribution in [1.29, 1.82) is 0 Å². The first-order chi connectivity index (χ1) is 16.8. The number of carbonyl (C=O) groups excluding carboxylic acids is 1. The van der Waals surface area contributed by atoms with Crippen molar-refractivity contribution in [3.8, 4) is 5.00 Å². The van der Waals surface area contributed by atoms with Gasteiger partial charge in [0.2, 0.25) is 10.0 Å². The van der Waals surface area contributed by atoms with Crippen molar-refractivity contribution >= 4 is 38.7 Å². The molecule has 0 radical (unpaired) electrons. The maximum absolute atomic E-state index is 14.6. The van der Waals surface area contributed by atoms with Gasteiger partial charge in [-0.15, -0.1) is 0 Å². The number of rotatable bonds is 7. The SMILES string of the molecule is C[C@H]1[C@H](F)C[C@@H](C(=O)CCc2cn(-c3cnc(C(F)(F)F)s3)nc2Cl)N1S(=O)(=O)c1ccc(F)cc1. The first kappa shape index (κ1) is 26.6. The molecule has 4 rings (SSSR count). The van der Waals surface area contributed by atoms with Crippen LogP contribution < -0.4 is 0 Å². The van der Waals surface area contributed by atoms with E-state index in [2.05, 4.69) is 10.1 Å². The Morgan fingerprint density at radius 1 is 1.25 bits per heavy atom. The molecule has 2 aromatic heterocycles. The lowest BCUT2D eigenvalue weighted by molar-refractivity contribution is -0.137. The number of sulfonamides is 1. The molecule has 0 amide bonds. The van der Waals surface area contributed by atoms with E-state index >= 15 is 0 Å². The molecule has 1 aliphatic rings. The summed E-state index contributed by atoms with van der Waals surface area (Å²) in [5, 5.41) is 2.90. The standard InChI is InChI=1S/C21H18ClF5N4O3S2/c1-11-15(24)8-16(31(11)36(33,34)14-5-3-13(23)4-6-14)17(32)7-2-12-10-30(29-19(12)22)18-9-28-20(35-18)21(25,26)27/h3-6,9-11,15-16H,2,7-8H2,1H3/t11-,15+,16-/m0/s1. The van der Waals surface area contributed by atoms with Crippen molar-refractivity contribution in [3.05, 3.63) is 58.2 Å². The summed E-state index contributed by atoms with van der Waals surface area (Å²) >= 11 is 6.46. The molecule has 3 heterocycles. The van der Waals surface area contributed by atoms with Crippen molar-refractivity contribution in [2.24, 2.45) is 0 Å². The van der Waals surface area contributed by atoms with Gasteiger partial charge in [-0.3, -0.25) is 4.79 Å². The van der Waals surface area contributed by atoms with Crippen LogP contribution in [0.4, 0.5) is 22.0 Å². The highest BCUT2D eigenvalue weighted by Gasteiger charge is 2.48. The van der Waals surface area contributed by atoms with E-state index in [1.54, 1.807) is 0 Å². The van der Waals surface area contributed by atoms with Crippen LogP contribution in [-0.4, -0.2) is 51.5 Å². The topological polar surface area (TPSA) is 85.2 Å². The molecule has 1 fully saturated rings. The normalized spacial score (nSPS) is 21.2. The third kappa shape index (κ3) is 5.17. The van der Waals surface area contributed by atoms with E-state index in [4.69, 9.17) is 11.6 Å². The number of nitrogens with zero attached hydrogens (tertiary/aromatic N) is 4. The minimum absolute atomic E-state index is 0.00509. The zero-order valence-electron chi connectivity index (χ0n) is 18.4. The zero-order valence-corrected chi connectivity index (χ0v) is 20.8. The third-order valence-electron chi connectivity index (χ3n) is 5.78. The number of thiazole rings is 1. The highest BCUT2D eigenvalue weighted by molar-refractivity contribution is 7.89. The van der Waals surface area contributed by atoms with Crippen LogP contribution in [-0.2, 0) is 27.4 Å². The molecule has 1 saturated heterocycles. The number of ketones is 1. The highest BCUT2D eigenvalue weighted by Crippen LogP contribution is 2.35. The minimum atomic E-state index is -4.61. The number of benzene rings is 1. The molecule has 0 spiro atoms. The molecule has 1 aliphatic heterocycles. The second kappa shape index (κ2) is 9.80. The fraction of sp³-hybridized carbons (Fsp3) is 0.381. The largest absolute Gasteiger partial charge is 0.443 e. The van der Waals surface area contributed by atoms with E-state index in [-0.39, 0.29) is 34.3 Å². The molecular formula is C21H18ClF5N4O3S2. The second-order valence-corrected chi connectivity index (χ2v) is 11.4. The Morgan fingerprint density at radius 2 is 1.92 bits per heavy atom. The molecule has 0 aliphatic carbocycles. The first-order valence-corrected chi connectivity index (χ1v) is 13.2. The van der Waals surface area contributed by atoms with Gasteiger partial charge in [0.05, 0.1) is 23.2 Å². The Hall–Kier alpha value is -2.42. The lowest BCUT2D eigenvalue weighted by atomic mass is 10.0. The molecule has 7 nitrogen and oxygen atoms in total. The van der Waals surface area contributed by atoms with Crippen molar-refractivity contribution < 1.29 is 35.2 Å². The van der Waals surface area contributed by atoms with E-state index in [0.29, 0.717) is 16.9 Å². The highest BCUT2D eigenvalue weighted by atomic mass is 35.5. The summed E-state index contributed by atoms with van der Waals surface area (Å²) in [6.07, 6.45) is -4.42. The van der Waals surface area contributed by atoms with Crippen molar-refractivity contribution in [3.63, 3.8) is 0 Å². The Morgan fingerprint density at radius 3 is 2.53 bits per heavy atom. The van der Waals surface area contributed by atoms with E-state index in [1.165, 1.54) is 13.1 Å². The van der Waals surface area contributed by atoms with Gasteiger partial charge in [-0.25, -0.2) is 26.9 Å². The van der Waals surface area contributed by atoms with Gasteiger partial charge in [-0.05, 0) is 37.6 Å². The van der Waals surface area contributed by atoms with Crippen LogP contribution in [0, 0.1) is 5.82 Å². The maximum Gasteiger partial charge on any atom is 0.443 e. The number of hydrogen-bond donors (Lipinski definition) is 0. The summed E-state index contributed by atoms with van der Waals surface area (Å²) in [6.45, 7) is 1.35. The summed E-state index contributed by atoms with van der Waals surface area (Å²) in [6, 6.07) is 1.60. The Balaban J connectivity index is 1.51. The zero-order chi connectivity index (χ0) is 26.4. The van der Waals surface area contributed by atoms with E-state index in [0.717, 1.165) is 39.4 Å². The van der Waals surface area contributed by atoms with E-state index < -0.39 is 51.1 Å². The number of aromatic nitrogens is 3. The molecule has 0 saturated carbocycles. The molecule has 3 atom stereocenters. The van der Waals surface area contributed by atoms with Crippen molar-refractivity contribution in [2.45, 2.75) is 55.5 Å². The molecule has 0 unspecified atom stereocenters. The smallest absolute Gasteiger partial charge is 0.298 e. The molecular weight excluding hydrogens is 551 g/mol. The second-order valence-electron chi connectivity index (χ2n) is 8.15. The number of alkyl halides is 4. The van der Waals surface area contributed by atoms with Crippen LogP contribution in [0.15, 0.2) is 41.6 Å². The van der Waals surface area contributed by atoms with Crippen molar-refractivity contribution in [1.82, 2.24) is 19.1 Å². The molecule has 36 heavy (non-hydrogen) atoms. The molecule has 0 bridgehead atoms. The van der Waals surface area contributed by atoms with Gasteiger partial charge >= 0.3 is 6.18 Å². The van der Waals surface area contributed by atoms with Gasteiger partial charge in [0, 0.05) is 24.6 Å². The summed E-state index contributed by atoms with van der Waals surface area (Å²) in [5.41, 5.74) is 0.336. The predicted molar refractivity (Wildman–Crippen MR) is 121 cm³/mol. The van der Waals surface area contributed by atoms with Crippen LogP contribution >= 0.6 is 22.9 Å². The number of Topliss-reactive ketones (excluding diaryl/α,β-unsaturated/α-hetero) is 1. The fourth-order valence-electron chi connectivity index (χ4n) is 3.94. The Bertz CT molecular complexity index is 1370. The number of aryl methyl sites for hydroxylation is 1. The first-order valence-electron chi connectivity index (χ1n) is 10.5. The maximum atomic E-state index is 14.6. The molecule has 15 heteroatoms. The van der Waals surface area contributed by atoms with Gasteiger partial charge in [-0.1, -0.05) is 22.9 Å². The van der Waals surface area contributed by atoms with Crippen LogP contribution in [0.5, 0.6) is 0 Å². The summed E-state index contributed by atoms with van der Waals surface area (Å²) in [5.74, 6) is -1.21. The molecule has 0 N–H and O–H groups in total. The van der Waals surface area contributed by atoms with Gasteiger partial charge < -0.3 is 0 Å². The number of halogens is 6. The van der Waals surface area contributed by atoms with E-state index in [9.17, 15) is 35.2 Å². The van der Waals surface area contributed by atoms with Crippen LogP contribution in [0.3, 0.4) is 0 Å². The lowest BCUT2D eigenvalue weighted by Gasteiger charge is -2.26. The van der Waals surface area contributed by atoms with Crippen molar-refractivity contribution in [2.75, 3.05) is 0 Å². The van der Waals surface area contributed by atoms with Gasteiger partial charge in [0.1, 0.15) is 17.0 Å². The average molecular weight is 569 g/mol. The van der Waals surface area contributed by atoms with Gasteiger partial charge in [-0.2, -0.15) is 22.6 Å². The van der Waals surface area contributed by atoms with Crippen LogP contribution in [0.1, 0.15) is 30.3 Å². The third-order valence-corrected chi connectivity index (χ3v) is 9.14. The predicted octanol–water partition coefficient (Wildman–Crippen LogP) is 4.83. The number of carbonyl (C=O) groups is 1. The summed E-state index contributed by atoms with van der Waals surface area (Å²) in [4.78, 5) is 16.1. The minimum Gasteiger partial charge on any atom is -0.298 e. The van der Waals surface area contributed by atoms with Gasteiger partial charge in [0.15, 0.2) is 15.9 Å². The average Bonchev–Trinajstić information content (AvgIpc) is 3.50. The summed E-state index contributed by atoms with van der Waals surface area (Å²) in [7, 11) is -4.30.